The van der Waals surface area contributed by atoms with Gasteiger partial charge in [-0.3, -0.25) is 4.79 Å². The first-order chi connectivity index (χ1) is 10.3. The molecule has 0 saturated heterocycles. The van der Waals surface area contributed by atoms with Gasteiger partial charge in [0, 0.05) is 6.42 Å². The van der Waals surface area contributed by atoms with Crippen molar-refractivity contribution in [2.75, 3.05) is 7.11 Å². The van der Waals surface area contributed by atoms with Crippen LogP contribution < -0.4 is 4.74 Å². The van der Waals surface area contributed by atoms with Gasteiger partial charge in [-0.2, -0.15) is 0 Å². The molecule has 0 amide bonds. The number of rotatable bonds is 7. The van der Waals surface area contributed by atoms with Gasteiger partial charge < -0.3 is 4.74 Å². The van der Waals surface area contributed by atoms with Crippen molar-refractivity contribution in [3.05, 3.63) is 65.7 Å². The molecule has 21 heavy (non-hydrogen) atoms. The maximum Gasteiger partial charge on any atom is 0.167 e. The molecule has 0 aromatic heterocycles. The molecule has 0 spiro atoms. The van der Waals surface area contributed by atoms with Crippen LogP contribution in [0.5, 0.6) is 5.75 Å². The van der Waals surface area contributed by atoms with Crippen molar-refractivity contribution in [1.82, 2.24) is 0 Å². The molecule has 1 unspecified atom stereocenters. The SMILES string of the molecule is CCCC(CC(=O)c1ccccc1OC)c1ccccc1. The van der Waals surface area contributed by atoms with Gasteiger partial charge in [-0.25, -0.2) is 0 Å². The van der Waals surface area contributed by atoms with E-state index in [4.69, 9.17) is 4.74 Å². The van der Waals surface area contributed by atoms with Gasteiger partial charge in [0.1, 0.15) is 5.75 Å². The molecule has 2 rings (SSSR count). The van der Waals surface area contributed by atoms with Gasteiger partial charge in [0.05, 0.1) is 12.7 Å². The van der Waals surface area contributed by atoms with E-state index in [0.717, 1.165) is 12.8 Å². The third kappa shape index (κ3) is 3.94. The second-order valence-corrected chi connectivity index (χ2v) is 5.22. The molecule has 0 saturated carbocycles. The summed E-state index contributed by atoms with van der Waals surface area (Å²) in [6.45, 7) is 2.16. The summed E-state index contributed by atoms with van der Waals surface area (Å²) in [4.78, 5) is 12.6. The first kappa shape index (κ1) is 15.3. The van der Waals surface area contributed by atoms with E-state index in [1.54, 1.807) is 7.11 Å². The first-order valence-corrected chi connectivity index (χ1v) is 7.47. The lowest BCUT2D eigenvalue weighted by atomic mass is 9.88. The Kier molecular flexibility index (Phi) is 5.56. The lowest BCUT2D eigenvalue weighted by Crippen LogP contribution is -2.09. The lowest BCUT2D eigenvalue weighted by molar-refractivity contribution is 0.0969. The summed E-state index contributed by atoms with van der Waals surface area (Å²) >= 11 is 0. The highest BCUT2D eigenvalue weighted by atomic mass is 16.5. The molecule has 0 aliphatic carbocycles. The van der Waals surface area contributed by atoms with Crippen LogP contribution in [0.25, 0.3) is 0 Å². The summed E-state index contributed by atoms with van der Waals surface area (Å²) < 4.78 is 5.29. The van der Waals surface area contributed by atoms with Crippen LogP contribution in [-0.4, -0.2) is 12.9 Å². The highest BCUT2D eigenvalue weighted by Gasteiger charge is 2.18. The highest BCUT2D eigenvalue weighted by Crippen LogP contribution is 2.28. The molecule has 2 aromatic carbocycles. The second kappa shape index (κ2) is 7.63. The van der Waals surface area contributed by atoms with Gasteiger partial charge in [-0.1, -0.05) is 55.8 Å². The van der Waals surface area contributed by atoms with Crippen LogP contribution >= 0.6 is 0 Å². The summed E-state index contributed by atoms with van der Waals surface area (Å²) in [5.74, 6) is 1.08. The normalized spacial score (nSPS) is 11.9. The number of hydrogen-bond donors (Lipinski definition) is 0. The molecule has 2 heteroatoms. The topological polar surface area (TPSA) is 26.3 Å². The Morgan fingerprint density at radius 3 is 2.38 bits per heavy atom. The molecule has 2 aromatic rings. The Morgan fingerprint density at radius 2 is 1.71 bits per heavy atom. The van der Waals surface area contributed by atoms with Crippen molar-refractivity contribution in [3.63, 3.8) is 0 Å². The van der Waals surface area contributed by atoms with Crippen molar-refractivity contribution < 1.29 is 9.53 Å². The second-order valence-electron chi connectivity index (χ2n) is 5.22. The number of Topliss-reactive ketones (excluding diaryl/α,β-unsaturated/α-hetero) is 1. The molecular weight excluding hydrogens is 260 g/mol. The predicted octanol–water partition coefficient (Wildman–Crippen LogP) is 4.85. The Balaban J connectivity index is 2.19. The molecular formula is C19H22O2. The van der Waals surface area contributed by atoms with E-state index in [1.807, 2.05) is 42.5 Å². The minimum atomic E-state index is 0.148. The van der Waals surface area contributed by atoms with Crippen molar-refractivity contribution in [2.45, 2.75) is 32.1 Å². The van der Waals surface area contributed by atoms with Crippen LogP contribution in [-0.2, 0) is 0 Å². The number of ether oxygens (including phenoxy) is 1. The quantitative estimate of drug-likeness (QED) is 0.678. The van der Waals surface area contributed by atoms with Crippen LogP contribution in [0.4, 0.5) is 0 Å². The van der Waals surface area contributed by atoms with Crippen molar-refractivity contribution in [1.29, 1.82) is 0 Å². The molecule has 0 fully saturated rings. The van der Waals surface area contributed by atoms with Crippen LogP contribution in [0.15, 0.2) is 54.6 Å². The number of carbonyl (C=O) groups excluding carboxylic acids is 1. The van der Waals surface area contributed by atoms with Crippen LogP contribution in [0.3, 0.4) is 0 Å². The van der Waals surface area contributed by atoms with E-state index < -0.39 is 0 Å². The molecule has 0 aliphatic heterocycles. The average molecular weight is 282 g/mol. The number of hydrogen-bond acceptors (Lipinski definition) is 2. The smallest absolute Gasteiger partial charge is 0.167 e. The standard InChI is InChI=1S/C19H22O2/c1-3-9-16(15-10-5-4-6-11-15)14-18(20)17-12-7-8-13-19(17)21-2/h4-8,10-13,16H,3,9,14H2,1-2H3. The first-order valence-electron chi connectivity index (χ1n) is 7.47. The van der Waals surface area contributed by atoms with Crippen molar-refractivity contribution in [2.24, 2.45) is 0 Å². The van der Waals surface area contributed by atoms with E-state index >= 15 is 0 Å². The Hall–Kier alpha value is -2.09. The van der Waals surface area contributed by atoms with Gasteiger partial charge >= 0.3 is 0 Å². The monoisotopic (exact) mass is 282 g/mol. The highest BCUT2D eigenvalue weighted by molar-refractivity contribution is 5.99. The summed E-state index contributed by atoms with van der Waals surface area (Å²) in [7, 11) is 1.60. The van der Waals surface area contributed by atoms with Gasteiger partial charge in [0.15, 0.2) is 5.78 Å². The van der Waals surface area contributed by atoms with Crippen LogP contribution in [0.1, 0.15) is 48.0 Å². The molecule has 0 aliphatic rings. The molecule has 2 nitrogen and oxygen atoms in total. The van der Waals surface area contributed by atoms with E-state index in [2.05, 4.69) is 19.1 Å². The van der Waals surface area contributed by atoms with E-state index in [-0.39, 0.29) is 11.7 Å². The third-order valence-corrected chi connectivity index (χ3v) is 3.75. The lowest BCUT2D eigenvalue weighted by Gasteiger charge is -2.16. The number of ketones is 1. The number of carbonyl (C=O) groups is 1. The zero-order valence-electron chi connectivity index (χ0n) is 12.7. The maximum atomic E-state index is 12.6. The maximum absolute atomic E-state index is 12.6. The Bertz CT molecular complexity index is 575. The molecule has 0 radical (unpaired) electrons. The van der Waals surface area contributed by atoms with E-state index in [9.17, 15) is 4.79 Å². The Labute approximate surface area is 126 Å². The Morgan fingerprint density at radius 1 is 1.05 bits per heavy atom. The zero-order valence-corrected chi connectivity index (χ0v) is 12.7. The summed E-state index contributed by atoms with van der Waals surface area (Å²) in [6.07, 6.45) is 2.61. The van der Waals surface area contributed by atoms with Gasteiger partial charge in [-0.15, -0.1) is 0 Å². The fourth-order valence-electron chi connectivity index (χ4n) is 2.67. The third-order valence-electron chi connectivity index (χ3n) is 3.75. The summed E-state index contributed by atoms with van der Waals surface area (Å²) in [5, 5.41) is 0. The van der Waals surface area contributed by atoms with E-state index in [0.29, 0.717) is 17.7 Å². The van der Waals surface area contributed by atoms with E-state index in [1.165, 1.54) is 5.56 Å². The van der Waals surface area contributed by atoms with Crippen LogP contribution in [0, 0.1) is 0 Å². The number of methoxy groups -OCH3 is 1. The zero-order chi connectivity index (χ0) is 15.1. The van der Waals surface area contributed by atoms with Gasteiger partial charge in [0.2, 0.25) is 0 Å². The molecule has 0 bridgehead atoms. The number of benzene rings is 2. The summed E-state index contributed by atoms with van der Waals surface area (Å²) in [6, 6.07) is 17.7. The molecule has 110 valence electrons. The number of para-hydroxylation sites is 1. The van der Waals surface area contributed by atoms with Gasteiger partial charge in [0.25, 0.3) is 0 Å². The minimum Gasteiger partial charge on any atom is -0.496 e. The fraction of sp³-hybridized carbons (Fsp3) is 0.316. The van der Waals surface area contributed by atoms with Crippen LogP contribution in [0.2, 0.25) is 0 Å². The minimum absolute atomic E-state index is 0.148. The molecule has 0 heterocycles. The summed E-state index contributed by atoms with van der Waals surface area (Å²) in [5.41, 5.74) is 1.92. The molecule has 0 N–H and O–H groups in total. The molecule has 1 atom stereocenters. The van der Waals surface area contributed by atoms with Crippen molar-refractivity contribution >= 4 is 5.78 Å². The van der Waals surface area contributed by atoms with Gasteiger partial charge in [-0.05, 0) is 30.0 Å². The fourth-order valence-corrected chi connectivity index (χ4v) is 2.67. The van der Waals surface area contributed by atoms with Crippen molar-refractivity contribution in [3.8, 4) is 5.75 Å². The predicted molar refractivity (Wildman–Crippen MR) is 86.0 cm³/mol. The largest absolute Gasteiger partial charge is 0.496 e. The average Bonchev–Trinajstić information content (AvgIpc) is 2.55.